The number of benzene rings is 2. The minimum absolute atomic E-state index is 0.192. The maximum atomic E-state index is 13.2. The lowest BCUT2D eigenvalue weighted by molar-refractivity contribution is -0.140. The lowest BCUT2D eigenvalue weighted by Crippen LogP contribution is -2.11. The van der Waals surface area contributed by atoms with Gasteiger partial charge in [0, 0.05) is 11.1 Å². The molecule has 2 aromatic carbocycles. The third-order valence-electron chi connectivity index (χ3n) is 2.85. The lowest BCUT2D eigenvalue weighted by atomic mass is 10.00. The molecule has 0 amide bonds. The van der Waals surface area contributed by atoms with Gasteiger partial charge in [-0.2, -0.15) is 13.2 Å². The maximum absolute atomic E-state index is 13.2. The molecule has 0 N–H and O–H groups in total. The number of hydrogen-bond acceptors (Lipinski definition) is 1. The smallest absolute Gasteiger partial charge is 0.289 e. The van der Waals surface area contributed by atoms with Crippen molar-refractivity contribution in [3.05, 3.63) is 70.5 Å². The summed E-state index contributed by atoms with van der Waals surface area (Å²) < 4.78 is 50.9. The van der Waals surface area contributed by atoms with Crippen molar-refractivity contribution in [1.29, 1.82) is 0 Å². The first-order chi connectivity index (χ1) is 9.29. The number of alkyl halides is 3. The second kappa shape index (κ2) is 5.07. The van der Waals surface area contributed by atoms with Crippen LogP contribution in [-0.2, 0) is 6.18 Å². The number of hydrogen-bond donors (Lipinski definition) is 0. The summed E-state index contributed by atoms with van der Waals surface area (Å²) in [6, 6.07) is 8.65. The van der Waals surface area contributed by atoms with Gasteiger partial charge in [0.05, 0.1) is 5.56 Å². The Hall–Kier alpha value is -2.17. The van der Waals surface area contributed by atoms with E-state index in [-0.39, 0.29) is 11.1 Å². The number of aryl methyl sites for hydroxylation is 1. The van der Waals surface area contributed by atoms with E-state index in [1.807, 2.05) is 6.92 Å². The zero-order valence-corrected chi connectivity index (χ0v) is 10.5. The van der Waals surface area contributed by atoms with E-state index in [0.29, 0.717) is 12.1 Å². The monoisotopic (exact) mass is 282 g/mol. The lowest BCUT2D eigenvalue weighted by Gasteiger charge is -2.09. The molecule has 0 atom stereocenters. The predicted octanol–water partition coefficient (Wildman–Crippen LogP) is 4.38. The first kappa shape index (κ1) is 14.2. The van der Waals surface area contributed by atoms with Gasteiger partial charge >= 0.3 is 6.18 Å². The van der Waals surface area contributed by atoms with Crippen molar-refractivity contribution in [2.45, 2.75) is 13.1 Å². The summed E-state index contributed by atoms with van der Waals surface area (Å²) in [5, 5.41) is 0. The molecule has 0 saturated carbocycles. The molecule has 0 radical (unpaired) electrons. The van der Waals surface area contributed by atoms with E-state index in [1.165, 1.54) is 12.1 Å². The van der Waals surface area contributed by atoms with Crippen LogP contribution in [0.4, 0.5) is 17.6 Å². The molecule has 20 heavy (non-hydrogen) atoms. The van der Waals surface area contributed by atoms with Gasteiger partial charge in [-0.25, -0.2) is 4.39 Å². The maximum Gasteiger partial charge on any atom is 0.419 e. The van der Waals surface area contributed by atoms with Crippen LogP contribution in [0, 0.1) is 12.7 Å². The Balaban J connectivity index is 2.43. The summed E-state index contributed by atoms with van der Waals surface area (Å²) >= 11 is 0. The van der Waals surface area contributed by atoms with Crippen LogP contribution in [-0.4, -0.2) is 5.78 Å². The molecule has 0 heterocycles. The van der Waals surface area contributed by atoms with Crippen molar-refractivity contribution in [1.82, 2.24) is 0 Å². The van der Waals surface area contributed by atoms with E-state index in [2.05, 4.69) is 0 Å². The van der Waals surface area contributed by atoms with Gasteiger partial charge in [0.1, 0.15) is 5.82 Å². The number of halogens is 4. The number of carbonyl (C=O) groups excluding carboxylic acids is 1. The van der Waals surface area contributed by atoms with Crippen LogP contribution in [0.3, 0.4) is 0 Å². The first-order valence-corrected chi connectivity index (χ1v) is 5.77. The summed E-state index contributed by atoms with van der Waals surface area (Å²) in [6.07, 6.45) is -4.83. The van der Waals surface area contributed by atoms with Crippen molar-refractivity contribution < 1.29 is 22.4 Å². The summed E-state index contributed by atoms with van der Waals surface area (Å²) in [6.45, 7) is 1.83. The normalized spacial score (nSPS) is 11.4. The van der Waals surface area contributed by atoms with E-state index >= 15 is 0 Å². The van der Waals surface area contributed by atoms with E-state index in [0.717, 1.165) is 11.6 Å². The van der Waals surface area contributed by atoms with Crippen LogP contribution in [0.5, 0.6) is 0 Å². The molecule has 0 unspecified atom stereocenters. The molecule has 0 aromatic heterocycles. The average Bonchev–Trinajstić information content (AvgIpc) is 2.38. The highest BCUT2D eigenvalue weighted by atomic mass is 19.4. The zero-order chi connectivity index (χ0) is 14.9. The number of rotatable bonds is 2. The SMILES string of the molecule is Cc1ccc(C(=O)c2ccc(F)c(C(F)(F)F)c2)cc1. The molecule has 2 aromatic rings. The molecular formula is C15H10F4O. The van der Waals surface area contributed by atoms with Crippen LogP contribution in [0.1, 0.15) is 27.0 Å². The third kappa shape index (κ3) is 2.87. The molecule has 104 valence electrons. The van der Waals surface area contributed by atoms with E-state index in [9.17, 15) is 22.4 Å². The average molecular weight is 282 g/mol. The van der Waals surface area contributed by atoms with Gasteiger partial charge in [0.15, 0.2) is 5.78 Å². The van der Waals surface area contributed by atoms with Gasteiger partial charge < -0.3 is 0 Å². The van der Waals surface area contributed by atoms with Crippen molar-refractivity contribution in [2.75, 3.05) is 0 Å². The molecule has 2 rings (SSSR count). The minimum Gasteiger partial charge on any atom is -0.289 e. The Labute approximate surface area is 112 Å². The van der Waals surface area contributed by atoms with Crippen molar-refractivity contribution >= 4 is 5.78 Å². The van der Waals surface area contributed by atoms with Gasteiger partial charge in [0.25, 0.3) is 0 Å². The zero-order valence-electron chi connectivity index (χ0n) is 10.5. The molecule has 0 fully saturated rings. The van der Waals surface area contributed by atoms with Crippen LogP contribution in [0.2, 0.25) is 0 Å². The van der Waals surface area contributed by atoms with Crippen LogP contribution >= 0.6 is 0 Å². The highest BCUT2D eigenvalue weighted by molar-refractivity contribution is 6.09. The summed E-state index contributed by atoms with van der Waals surface area (Å²) in [5.41, 5.74) is -0.440. The second-order valence-electron chi connectivity index (χ2n) is 4.39. The fraction of sp³-hybridized carbons (Fsp3) is 0.133. The molecule has 0 saturated heterocycles. The minimum atomic E-state index is -4.83. The van der Waals surface area contributed by atoms with E-state index in [4.69, 9.17) is 0 Å². The molecule has 0 bridgehead atoms. The van der Waals surface area contributed by atoms with Crippen LogP contribution < -0.4 is 0 Å². The van der Waals surface area contributed by atoms with Gasteiger partial charge in [-0.3, -0.25) is 4.79 Å². The molecular weight excluding hydrogens is 272 g/mol. The summed E-state index contributed by atoms with van der Waals surface area (Å²) in [4.78, 5) is 12.1. The van der Waals surface area contributed by atoms with Crippen LogP contribution in [0.15, 0.2) is 42.5 Å². The molecule has 5 heteroatoms. The van der Waals surface area contributed by atoms with E-state index < -0.39 is 23.3 Å². The highest BCUT2D eigenvalue weighted by Crippen LogP contribution is 2.32. The van der Waals surface area contributed by atoms with Crippen molar-refractivity contribution in [3.8, 4) is 0 Å². The van der Waals surface area contributed by atoms with Gasteiger partial charge in [-0.15, -0.1) is 0 Å². The Bertz CT molecular complexity index is 642. The highest BCUT2D eigenvalue weighted by Gasteiger charge is 2.34. The summed E-state index contributed by atoms with van der Waals surface area (Å²) in [7, 11) is 0. The van der Waals surface area contributed by atoms with Gasteiger partial charge in [-0.1, -0.05) is 29.8 Å². The first-order valence-electron chi connectivity index (χ1n) is 5.77. The summed E-state index contributed by atoms with van der Waals surface area (Å²) in [5.74, 6) is -1.96. The molecule has 1 nitrogen and oxygen atoms in total. The molecule has 0 spiro atoms. The number of carbonyl (C=O) groups is 1. The topological polar surface area (TPSA) is 17.1 Å². The Morgan fingerprint density at radius 3 is 2.05 bits per heavy atom. The predicted molar refractivity (Wildman–Crippen MR) is 66.0 cm³/mol. The van der Waals surface area contributed by atoms with E-state index in [1.54, 1.807) is 12.1 Å². The standard InChI is InChI=1S/C15H10F4O/c1-9-2-4-10(5-3-9)14(20)11-6-7-13(16)12(8-11)15(17,18)19/h2-8H,1H3. The fourth-order valence-electron chi connectivity index (χ4n) is 1.76. The Morgan fingerprint density at radius 1 is 0.950 bits per heavy atom. The van der Waals surface area contributed by atoms with Gasteiger partial charge in [-0.05, 0) is 25.1 Å². The molecule has 0 aliphatic rings. The van der Waals surface area contributed by atoms with Crippen molar-refractivity contribution in [3.63, 3.8) is 0 Å². The molecule has 0 aliphatic carbocycles. The Morgan fingerprint density at radius 2 is 1.50 bits per heavy atom. The quantitative estimate of drug-likeness (QED) is 0.590. The largest absolute Gasteiger partial charge is 0.419 e. The number of ketones is 1. The van der Waals surface area contributed by atoms with Crippen LogP contribution in [0.25, 0.3) is 0 Å². The van der Waals surface area contributed by atoms with Gasteiger partial charge in [0.2, 0.25) is 0 Å². The third-order valence-corrected chi connectivity index (χ3v) is 2.85. The fourth-order valence-corrected chi connectivity index (χ4v) is 1.76. The molecule has 0 aliphatic heterocycles. The van der Waals surface area contributed by atoms with Crippen molar-refractivity contribution in [2.24, 2.45) is 0 Å². The second-order valence-corrected chi connectivity index (χ2v) is 4.39. The Kier molecular flexibility index (Phi) is 3.61.